The summed E-state index contributed by atoms with van der Waals surface area (Å²) in [4.78, 5) is 28.1. The van der Waals surface area contributed by atoms with E-state index in [-0.39, 0.29) is 11.7 Å². The highest BCUT2D eigenvalue weighted by Crippen LogP contribution is 2.31. The molecule has 0 bridgehead atoms. The van der Waals surface area contributed by atoms with Crippen molar-refractivity contribution in [2.75, 3.05) is 13.1 Å². The fraction of sp³-hybridized carbons (Fsp3) is 0.381. The minimum absolute atomic E-state index is 0.146. The highest BCUT2D eigenvalue weighted by Gasteiger charge is 2.26. The first-order chi connectivity index (χ1) is 13.9. The van der Waals surface area contributed by atoms with E-state index in [1.165, 1.54) is 23.5 Å². The van der Waals surface area contributed by atoms with Gasteiger partial charge in [0.15, 0.2) is 6.10 Å². The van der Waals surface area contributed by atoms with Crippen molar-refractivity contribution in [1.29, 1.82) is 0 Å². The Morgan fingerprint density at radius 3 is 2.55 bits per heavy atom. The average molecular weight is 415 g/mol. The van der Waals surface area contributed by atoms with Gasteiger partial charge in [-0.3, -0.25) is 4.79 Å². The molecule has 0 radical (unpaired) electrons. The number of halogens is 1. The Bertz CT molecular complexity index is 1050. The van der Waals surface area contributed by atoms with Gasteiger partial charge in [-0.1, -0.05) is 0 Å². The SMILES string of the molecule is Cc1nn(-c2ccc(F)cc2)c2sc(C(=O)O[C@H](C)C(=O)N3CCCCC3)cc12. The van der Waals surface area contributed by atoms with Gasteiger partial charge in [-0.05, 0) is 63.4 Å². The summed E-state index contributed by atoms with van der Waals surface area (Å²) in [7, 11) is 0. The lowest BCUT2D eigenvalue weighted by Crippen LogP contribution is -2.42. The van der Waals surface area contributed by atoms with Gasteiger partial charge >= 0.3 is 5.97 Å². The number of esters is 1. The van der Waals surface area contributed by atoms with Gasteiger partial charge in [0.05, 0.1) is 11.4 Å². The van der Waals surface area contributed by atoms with E-state index in [1.54, 1.807) is 34.7 Å². The Balaban J connectivity index is 1.54. The van der Waals surface area contributed by atoms with Crippen molar-refractivity contribution in [1.82, 2.24) is 14.7 Å². The lowest BCUT2D eigenvalue weighted by molar-refractivity contribution is -0.140. The number of rotatable bonds is 4. The molecule has 0 aliphatic carbocycles. The fourth-order valence-corrected chi connectivity index (χ4v) is 4.61. The van der Waals surface area contributed by atoms with Crippen molar-refractivity contribution < 1.29 is 18.7 Å². The summed E-state index contributed by atoms with van der Waals surface area (Å²) in [5, 5.41) is 5.33. The van der Waals surface area contributed by atoms with E-state index in [0.717, 1.165) is 48.3 Å². The molecule has 3 heterocycles. The molecule has 1 aliphatic rings. The Morgan fingerprint density at radius 2 is 1.86 bits per heavy atom. The van der Waals surface area contributed by atoms with E-state index in [9.17, 15) is 14.0 Å². The van der Waals surface area contributed by atoms with Crippen molar-refractivity contribution in [3.05, 3.63) is 46.7 Å². The zero-order chi connectivity index (χ0) is 20.5. The Labute approximate surface area is 171 Å². The fourth-order valence-electron chi connectivity index (χ4n) is 3.55. The lowest BCUT2D eigenvalue weighted by Gasteiger charge is -2.28. The zero-order valence-electron chi connectivity index (χ0n) is 16.4. The van der Waals surface area contributed by atoms with Crippen LogP contribution < -0.4 is 0 Å². The molecule has 1 fully saturated rings. The van der Waals surface area contributed by atoms with Crippen molar-refractivity contribution in [2.45, 2.75) is 39.2 Å². The summed E-state index contributed by atoms with van der Waals surface area (Å²) in [6.07, 6.45) is 2.29. The molecule has 152 valence electrons. The number of piperidine rings is 1. The van der Waals surface area contributed by atoms with Crippen molar-refractivity contribution >= 4 is 33.4 Å². The predicted molar refractivity (Wildman–Crippen MR) is 109 cm³/mol. The van der Waals surface area contributed by atoms with Crippen LogP contribution in [0.1, 0.15) is 41.6 Å². The number of fused-ring (bicyclic) bond motifs is 1. The number of carbonyl (C=O) groups is 2. The largest absolute Gasteiger partial charge is 0.448 e. The number of hydrogen-bond donors (Lipinski definition) is 0. The van der Waals surface area contributed by atoms with Crippen LogP contribution in [0.4, 0.5) is 4.39 Å². The molecule has 29 heavy (non-hydrogen) atoms. The number of nitrogens with zero attached hydrogens (tertiary/aromatic N) is 3. The molecule has 0 unspecified atom stereocenters. The van der Waals surface area contributed by atoms with Crippen molar-refractivity contribution in [2.24, 2.45) is 0 Å². The highest BCUT2D eigenvalue weighted by molar-refractivity contribution is 7.20. The Morgan fingerprint density at radius 1 is 1.17 bits per heavy atom. The maximum atomic E-state index is 13.2. The van der Waals surface area contributed by atoms with Crippen molar-refractivity contribution in [3.8, 4) is 5.69 Å². The van der Waals surface area contributed by atoms with Crippen LogP contribution in [-0.2, 0) is 9.53 Å². The maximum absolute atomic E-state index is 13.2. The van der Waals surface area contributed by atoms with Crippen LogP contribution in [0.3, 0.4) is 0 Å². The first kappa shape index (κ1) is 19.6. The highest BCUT2D eigenvalue weighted by atomic mass is 32.1. The van der Waals surface area contributed by atoms with Crippen LogP contribution in [0.2, 0.25) is 0 Å². The summed E-state index contributed by atoms with van der Waals surface area (Å²) in [6.45, 7) is 4.91. The number of benzene rings is 1. The van der Waals surface area contributed by atoms with E-state index in [0.29, 0.717) is 10.6 Å². The molecule has 1 saturated heterocycles. The third-order valence-electron chi connectivity index (χ3n) is 5.12. The van der Waals surface area contributed by atoms with Gasteiger partial charge in [0.2, 0.25) is 0 Å². The molecule has 0 spiro atoms. The predicted octanol–water partition coefficient (Wildman–Crippen LogP) is 4.09. The number of aryl methyl sites for hydroxylation is 1. The molecule has 0 saturated carbocycles. The molecular formula is C21H22FN3O3S. The third kappa shape index (κ3) is 3.89. The second-order valence-corrected chi connectivity index (χ2v) is 8.27. The van der Waals surface area contributed by atoms with Gasteiger partial charge in [0, 0.05) is 18.5 Å². The topological polar surface area (TPSA) is 64.4 Å². The molecule has 8 heteroatoms. The minimum atomic E-state index is -0.819. The molecule has 1 atom stereocenters. The summed E-state index contributed by atoms with van der Waals surface area (Å²) in [6, 6.07) is 7.75. The van der Waals surface area contributed by atoms with E-state index in [1.807, 2.05) is 6.92 Å². The number of hydrogen-bond acceptors (Lipinski definition) is 5. The molecule has 1 aliphatic heterocycles. The average Bonchev–Trinajstić information content (AvgIpc) is 3.29. The molecule has 1 amide bonds. The number of carbonyl (C=O) groups excluding carboxylic acids is 2. The third-order valence-corrected chi connectivity index (χ3v) is 6.21. The Hall–Kier alpha value is -2.74. The number of aromatic nitrogens is 2. The van der Waals surface area contributed by atoms with Crippen LogP contribution in [-0.4, -0.2) is 45.8 Å². The van der Waals surface area contributed by atoms with E-state index < -0.39 is 12.1 Å². The second-order valence-electron chi connectivity index (χ2n) is 7.24. The number of thiophene rings is 1. The molecule has 0 N–H and O–H groups in total. The van der Waals surface area contributed by atoms with E-state index in [2.05, 4.69) is 5.10 Å². The maximum Gasteiger partial charge on any atom is 0.349 e. The molecule has 6 nitrogen and oxygen atoms in total. The lowest BCUT2D eigenvalue weighted by atomic mass is 10.1. The van der Waals surface area contributed by atoms with Gasteiger partial charge in [0.1, 0.15) is 15.5 Å². The van der Waals surface area contributed by atoms with Crippen molar-refractivity contribution in [3.63, 3.8) is 0 Å². The van der Waals surface area contributed by atoms with Crippen LogP contribution >= 0.6 is 11.3 Å². The van der Waals surface area contributed by atoms with E-state index >= 15 is 0 Å². The summed E-state index contributed by atoms with van der Waals surface area (Å²) in [5.41, 5.74) is 1.47. The number of amides is 1. The first-order valence-corrected chi connectivity index (χ1v) is 10.5. The molecule has 3 aromatic rings. The zero-order valence-corrected chi connectivity index (χ0v) is 17.2. The van der Waals surface area contributed by atoms with Gasteiger partial charge < -0.3 is 9.64 Å². The minimum Gasteiger partial charge on any atom is -0.448 e. The van der Waals surface area contributed by atoms with E-state index in [4.69, 9.17) is 4.74 Å². The van der Waals surface area contributed by atoms with Gasteiger partial charge in [0.25, 0.3) is 5.91 Å². The standard InChI is InChI=1S/C21H22FN3O3S/c1-13-17-12-18(21(27)28-14(2)19(26)24-10-4-3-5-11-24)29-20(17)25(23-13)16-8-6-15(22)7-9-16/h6-9,12,14H,3-5,10-11H2,1-2H3/t14-/m1/s1. The van der Waals surface area contributed by atoms with Crippen LogP contribution in [0.5, 0.6) is 0 Å². The molecule has 2 aromatic heterocycles. The normalized spacial score (nSPS) is 15.5. The molecule has 4 rings (SSSR count). The number of likely N-dealkylation sites (tertiary alicyclic amines) is 1. The second kappa shape index (κ2) is 7.94. The van der Waals surface area contributed by atoms with Crippen LogP contribution in [0.15, 0.2) is 30.3 Å². The molecule has 1 aromatic carbocycles. The number of ether oxygens (including phenoxy) is 1. The smallest absolute Gasteiger partial charge is 0.349 e. The summed E-state index contributed by atoms with van der Waals surface area (Å²) < 4.78 is 20.4. The summed E-state index contributed by atoms with van der Waals surface area (Å²) in [5.74, 6) is -0.987. The van der Waals surface area contributed by atoms with Gasteiger partial charge in [-0.25, -0.2) is 13.9 Å². The van der Waals surface area contributed by atoms with Gasteiger partial charge in [-0.15, -0.1) is 11.3 Å². The van der Waals surface area contributed by atoms with Gasteiger partial charge in [-0.2, -0.15) is 5.10 Å². The Kier molecular flexibility index (Phi) is 5.36. The quantitative estimate of drug-likeness (QED) is 0.602. The summed E-state index contributed by atoms with van der Waals surface area (Å²) >= 11 is 1.25. The first-order valence-electron chi connectivity index (χ1n) is 9.69. The van der Waals surface area contributed by atoms with Crippen LogP contribution in [0.25, 0.3) is 15.9 Å². The molecular weight excluding hydrogens is 393 g/mol. The van der Waals surface area contributed by atoms with Crippen LogP contribution in [0, 0.1) is 12.7 Å². The monoisotopic (exact) mass is 415 g/mol.